The summed E-state index contributed by atoms with van der Waals surface area (Å²) in [6.07, 6.45) is 1.39. The van der Waals surface area contributed by atoms with Crippen molar-refractivity contribution < 1.29 is 18.3 Å². The zero-order chi connectivity index (χ0) is 13.8. The van der Waals surface area contributed by atoms with Gasteiger partial charge < -0.3 is 14.5 Å². The first-order chi connectivity index (χ1) is 9.11. The summed E-state index contributed by atoms with van der Waals surface area (Å²) in [5.41, 5.74) is 1.18. The fourth-order valence-electron chi connectivity index (χ4n) is 1.55. The van der Waals surface area contributed by atoms with Crippen LogP contribution in [0.3, 0.4) is 0 Å². The van der Waals surface area contributed by atoms with Crippen molar-refractivity contribution in [2.75, 3.05) is 12.4 Å². The van der Waals surface area contributed by atoms with Gasteiger partial charge in [0, 0.05) is 17.8 Å². The molecule has 1 N–H and O–H groups in total. The van der Waals surface area contributed by atoms with Crippen molar-refractivity contribution in [1.29, 1.82) is 0 Å². The SMILES string of the molecule is COC(=O)c1occc1CNc1ccc(Cl)c(F)c1. The fraction of sp³-hybridized carbons (Fsp3) is 0.154. The number of carbonyl (C=O) groups is 1. The minimum atomic E-state index is -0.552. The van der Waals surface area contributed by atoms with E-state index in [0.29, 0.717) is 17.8 Å². The average Bonchev–Trinajstić information content (AvgIpc) is 2.87. The zero-order valence-corrected chi connectivity index (χ0v) is 10.8. The van der Waals surface area contributed by atoms with E-state index >= 15 is 0 Å². The van der Waals surface area contributed by atoms with E-state index in [1.54, 1.807) is 12.1 Å². The normalized spacial score (nSPS) is 10.3. The number of benzene rings is 1. The summed E-state index contributed by atoms with van der Waals surface area (Å²) in [5, 5.41) is 3.03. The van der Waals surface area contributed by atoms with Gasteiger partial charge in [0.25, 0.3) is 0 Å². The van der Waals surface area contributed by atoms with Crippen LogP contribution < -0.4 is 5.32 Å². The van der Waals surface area contributed by atoms with Gasteiger partial charge in [0.15, 0.2) is 0 Å². The molecule has 2 aromatic rings. The van der Waals surface area contributed by atoms with Gasteiger partial charge >= 0.3 is 5.97 Å². The number of ether oxygens (including phenoxy) is 1. The molecule has 1 aromatic heterocycles. The molecular formula is C13H11ClFNO3. The topological polar surface area (TPSA) is 51.5 Å². The minimum Gasteiger partial charge on any atom is -0.463 e. The third kappa shape index (κ3) is 3.06. The fourth-order valence-corrected chi connectivity index (χ4v) is 1.67. The number of rotatable bonds is 4. The van der Waals surface area contributed by atoms with Gasteiger partial charge in [-0.15, -0.1) is 0 Å². The Hall–Kier alpha value is -2.01. The van der Waals surface area contributed by atoms with E-state index in [4.69, 9.17) is 16.0 Å². The van der Waals surface area contributed by atoms with E-state index in [0.717, 1.165) is 0 Å². The number of nitrogens with one attached hydrogen (secondary N) is 1. The summed E-state index contributed by atoms with van der Waals surface area (Å²) in [7, 11) is 1.27. The Morgan fingerprint density at radius 1 is 1.47 bits per heavy atom. The highest BCUT2D eigenvalue weighted by Gasteiger charge is 2.15. The molecule has 0 aliphatic rings. The van der Waals surface area contributed by atoms with Crippen LogP contribution in [0.5, 0.6) is 0 Å². The van der Waals surface area contributed by atoms with Crippen LogP contribution in [0.2, 0.25) is 5.02 Å². The average molecular weight is 284 g/mol. The van der Waals surface area contributed by atoms with E-state index < -0.39 is 11.8 Å². The first-order valence-corrected chi connectivity index (χ1v) is 5.83. The van der Waals surface area contributed by atoms with Crippen LogP contribution in [0.1, 0.15) is 16.1 Å². The van der Waals surface area contributed by atoms with Crippen LogP contribution in [-0.2, 0) is 11.3 Å². The maximum absolute atomic E-state index is 13.2. The summed E-state index contributed by atoms with van der Waals surface area (Å²) in [6.45, 7) is 0.308. The Morgan fingerprint density at radius 2 is 2.26 bits per heavy atom. The molecule has 0 spiro atoms. The molecule has 0 aliphatic carbocycles. The number of halogens is 2. The monoisotopic (exact) mass is 283 g/mol. The molecule has 0 amide bonds. The van der Waals surface area contributed by atoms with Crippen molar-refractivity contribution in [2.24, 2.45) is 0 Å². The second-order valence-corrected chi connectivity index (χ2v) is 4.16. The third-order valence-corrected chi connectivity index (χ3v) is 2.83. The van der Waals surface area contributed by atoms with Crippen molar-refractivity contribution in [3.8, 4) is 0 Å². The van der Waals surface area contributed by atoms with Crippen LogP contribution >= 0.6 is 11.6 Å². The number of hydrogen-bond donors (Lipinski definition) is 1. The van der Waals surface area contributed by atoms with Gasteiger partial charge in [0.1, 0.15) is 5.82 Å². The van der Waals surface area contributed by atoms with E-state index in [9.17, 15) is 9.18 Å². The van der Waals surface area contributed by atoms with Crippen LogP contribution in [0.4, 0.5) is 10.1 Å². The molecule has 4 nitrogen and oxygen atoms in total. The quantitative estimate of drug-likeness (QED) is 0.873. The summed E-state index contributed by atoms with van der Waals surface area (Å²) < 4.78 is 22.9. The Labute approximate surface area is 114 Å². The molecular weight excluding hydrogens is 273 g/mol. The van der Waals surface area contributed by atoms with Gasteiger partial charge in [-0.25, -0.2) is 9.18 Å². The lowest BCUT2D eigenvalue weighted by atomic mass is 10.2. The Morgan fingerprint density at radius 3 is 2.95 bits per heavy atom. The predicted octanol–water partition coefficient (Wildman–Crippen LogP) is 3.47. The smallest absolute Gasteiger partial charge is 0.374 e. The summed E-state index contributed by atoms with van der Waals surface area (Å²) in [5.74, 6) is -0.930. The molecule has 0 fully saturated rings. The van der Waals surface area contributed by atoms with Gasteiger partial charge in [-0.05, 0) is 24.3 Å². The van der Waals surface area contributed by atoms with Crippen molar-refractivity contribution >= 4 is 23.3 Å². The molecule has 2 rings (SSSR count). The molecule has 19 heavy (non-hydrogen) atoms. The number of esters is 1. The number of hydrogen-bond acceptors (Lipinski definition) is 4. The Balaban J connectivity index is 2.08. The Bertz CT molecular complexity index is 597. The van der Waals surface area contributed by atoms with E-state index in [1.165, 1.54) is 25.5 Å². The number of furan rings is 1. The first-order valence-electron chi connectivity index (χ1n) is 5.45. The third-order valence-electron chi connectivity index (χ3n) is 2.52. The molecule has 1 heterocycles. The number of anilines is 1. The molecule has 0 saturated heterocycles. The highest BCUT2D eigenvalue weighted by molar-refractivity contribution is 6.30. The number of carbonyl (C=O) groups excluding carboxylic acids is 1. The molecule has 0 bridgehead atoms. The van der Waals surface area contributed by atoms with Gasteiger partial charge in [-0.3, -0.25) is 0 Å². The predicted molar refractivity (Wildman–Crippen MR) is 68.8 cm³/mol. The van der Waals surface area contributed by atoms with Gasteiger partial charge in [-0.1, -0.05) is 11.6 Å². The molecule has 0 radical (unpaired) electrons. The lowest BCUT2D eigenvalue weighted by Gasteiger charge is -2.06. The molecule has 0 aliphatic heterocycles. The molecule has 0 saturated carbocycles. The highest BCUT2D eigenvalue weighted by Crippen LogP contribution is 2.20. The van der Waals surface area contributed by atoms with E-state index in [2.05, 4.69) is 10.1 Å². The summed E-state index contributed by atoms with van der Waals surface area (Å²) in [4.78, 5) is 11.4. The molecule has 0 atom stereocenters. The highest BCUT2D eigenvalue weighted by atomic mass is 35.5. The van der Waals surface area contributed by atoms with Crippen molar-refractivity contribution in [1.82, 2.24) is 0 Å². The zero-order valence-electron chi connectivity index (χ0n) is 10.1. The van der Waals surface area contributed by atoms with Crippen LogP contribution in [-0.4, -0.2) is 13.1 Å². The van der Waals surface area contributed by atoms with Crippen LogP contribution in [0.15, 0.2) is 34.9 Å². The standard InChI is InChI=1S/C13H11ClFNO3/c1-18-13(17)12-8(4-5-19-12)7-16-9-2-3-10(14)11(15)6-9/h2-6,16H,7H2,1H3. The maximum atomic E-state index is 13.2. The lowest BCUT2D eigenvalue weighted by molar-refractivity contribution is 0.0563. The van der Waals surface area contributed by atoms with Gasteiger partial charge in [-0.2, -0.15) is 0 Å². The van der Waals surface area contributed by atoms with Crippen molar-refractivity contribution in [3.63, 3.8) is 0 Å². The van der Waals surface area contributed by atoms with E-state index in [-0.39, 0.29) is 10.8 Å². The Kier molecular flexibility index (Phi) is 4.06. The number of methoxy groups -OCH3 is 1. The second-order valence-electron chi connectivity index (χ2n) is 3.75. The molecule has 100 valence electrons. The second kappa shape index (κ2) is 5.75. The summed E-state index contributed by atoms with van der Waals surface area (Å²) >= 11 is 5.59. The lowest BCUT2D eigenvalue weighted by Crippen LogP contribution is -2.06. The van der Waals surface area contributed by atoms with Gasteiger partial charge in [0.2, 0.25) is 5.76 Å². The molecule has 6 heteroatoms. The van der Waals surface area contributed by atoms with Gasteiger partial charge in [0.05, 0.1) is 18.4 Å². The van der Waals surface area contributed by atoms with Crippen LogP contribution in [0.25, 0.3) is 0 Å². The van der Waals surface area contributed by atoms with Crippen LogP contribution in [0, 0.1) is 5.82 Å². The minimum absolute atomic E-state index is 0.0594. The maximum Gasteiger partial charge on any atom is 0.374 e. The van der Waals surface area contributed by atoms with E-state index in [1.807, 2.05) is 0 Å². The molecule has 1 aromatic carbocycles. The largest absolute Gasteiger partial charge is 0.463 e. The van der Waals surface area contributed by atoms with Crippen molar-refractivity contribution in [3.05, 3.63) is 52.7 Å². The first kappa shape index (κ1) is 13.4. The summed E-state index contributed by atoms with van der Waals surface area (Å²) in [6, 6.07) is 6.02. The van der Waals surface area contributed by atoms with Crippen molar-refractivity contribution in [2.45, 2.75) is 6.54 Å². The molecule has 0 unspecified atom stereocenters.